The highest BCUT2D eigenvalue weighted by atomic mass is 32.2. The molecule has 1 aliphatic carbocycles. The smallest absolute Gasteiger partial charge is 0.223 e. The van der Waals surface area contributed by atoms with Gasteiger partial charge >= 0.3 is 0 Å². The Kier molecular flexibility index (Phi) is 5.66. The molecule has 4 nitrogen and oxygen atoms in total. The molecule has 0 aromatic carbocycles. The Bertz CT molecular complexity index is 419. The van der Waals surface area contributed by atoms with Crippen LogP contribution in [0.3, 0.4) is 0 Å². The summed E-state index contributed by atoms with van der Waals surface area (Å²) in [6.07, 6.45) is 2.75. The molecule has 0 unspecified atom stereocenters. The van der Waals surface area contributed by atoms with Gasteiger partial charge < -0.3 is 10.0 Å². The van der Waals surface area contributed by atoms with E-state index < -0.39 is 0 Å². The largest absolute Gasteiger partial charge is 0.395 e. The molecule has 19 heavy (non-hydrogen) atoms. The third-order valence-corrected chi connectivity index (χ3v) is 4.84. The molecule has 0 bridgehead atoms. The van der Waals surface area contributed by atoms with Crippen molar-refractivity contribution in [2.75, 3.05) is 18.9 Å². The lowest BCUT2D eigenvalue weighted by Gasteiger charge is -2.21. The second-order valence-corrected chi connectivity index (χ2v) is 6.87. The number of aliphatic hydroxyl groups is 1. The maximum atomic E-state index is 12.0. The maximum absolute atomic E-state index is 12.0. The second-order valence-electron chi connectivity index (χ2n) is 4.70. The van der Waals surface area contributed by atoms with E-state index in [4.69, 9.17) is 5.11 Å². The lowest BCUT2D eigenvalue weighted by Crippen LogP contribution is -2.35. The number of aliphatic hydroxyl groups excluding tert-OH is 1. The lowest BCUT2D eigenvalue weighted by molar-refractivity contribution is -0.131. The van der Waals surface area contributed by atoms with Crippen LogP contribution in [0, 0.1) is 6.92 Å². The number of rotatable bonds is 8. The monoisotopic (exact) mass is 300 g/mol. The summed E-state index contributed by atoms with van der Waals surface area (Å²) in [6.45, 7) is 2.55. The van der Waals surface area contributed by atoms with Crippen LogP contribution in [0.25, 0.3) is 0 Å². The lowest BCUT2D eigenvalue weighted by atomic mass is 10.3. The van der Waals surface area contributed by atoms with Gasteiger partial charge in [-0.15, -0.1) is 11.3 Å². The Morgan fingerprint density at radius 2 is 2.42 bits per heavy atom. The van der Waals surface area contributed by atoms with E-state index in [1.165, 1.54) is 0 Å². The van der Waals surface area contributed by atoms with Gasteiger partial charge in [0.2, 0.25) is 5.91 Å². The average Bonchev–Trinajstić information content (AvgIpc) is 3.14. The Morgan fingerprint density at radius 1 is 1.63 bits per heavy atom. The molecule has 0 radical (unpaired) electrons. The summed E-state index contributed by atoms with van der Waals surface area (Å²) in [5.41, 5.74) is 1.11. The summed E-state index contributed by atoms with van der Waals surface area (Å²) in [7, 11) is 0. The number of carbonyl (C=O) groups excluding carboxylic acids is 1. The van der Waals surface area contributed by atoms with Crippen LogP contribution in [0.2, 0.25) is 0 Å². The van der Waals surface area contributed by atoms with Gasteiger partial charge in [-0.05, 0) is 19.8 Å². The molecular weight excluding hydrogens is 280 g/mol. The van der Waals surface area contributed by atoms with Crippen LogP contribution in [0.5, 0.6) is 0 Å². The number of nitrogens with zero attached hydrogens (tertiary/aromatic N) is 2. The number of aryl methyl sites for hydroxylation is 1. The van der Waals surface area contributed by atoms with E-state index in [-0.39, 0.29) is 12.5 Å². The molecule has 0 spiro atoms. The molecule has 1 saturated carbocycles. The van der Waals surface area contributed by atoms with E-state index in [2.05, 4.69) is 10.4 Å². The number of aromatic nitrogens is 1. The van der Waals surface area contributed by atoms with E-state index in [1.54, 1.807) is 23.1 Å². The van der Waals surface area contributed by atoms with Crippen LogP contribution in [0.4, 0.5) is 0 Å². The number of hydrogen-bond donors (Lipinski definition) is 1. The summed E-state index contributed by atoms with van der Waals surface area (Å²) in [6, 6.07) is 0.394. The molecular formula is C13H20N2O2S2. The van der Waals surface area contributed by atoms with Crippen molar-refractivity contribution >= 4 is 29.0 Å². The Labute approximate surface area is 122 Å². The average molecular weight is 300 g/mol. The van der Waals surface area contributed by atoms with Crippen molar-refractivity contribution in [3.05, 3.63) is 16.1 Å². The Balaban J connectivity index is 1.65. The maximum Gasteiger partial charge on any atom is 0.223 e. The van der Waals surface area contributed by atoms with Gasteiger partial charge in [-0.1, -0.05) is 0 Å². The SMILES string of the molecule is Cc1nc(CSCCC(=O)N(CCO)C2CC2)cs1. The predicted molar refractivity (Wildman–Crippen MR) is 79.5 cm³/mol. The molecule has 1 aliphatic rings. The van der Waals surface area contributed by atoms with Crippen molar-refractivity contribution in [2.45, 2.75) is 38.0 Å². The zero-order chi connectivity index (χ0) is 13.7. The highest BCUT2D eigenvalue weighted by molar-refractivity contribution is 7.98. The third kappa shape index (κ3) is 4.78. The first-order chi connectivity index (χ1) is 9.20. The number of amides is 1. The van der Waals surface area contributed by atoms with Crippen LogP contribution in [-0.4, -0.2) is 45.8 Å². The number of thioether (sulfide) groups is 1. The molecule has 0 saturated heterocycles. The van der Waals surface area contributed by atoms with Crippen molar-refractivity contribution in [2.24, 2.45) is 0 Å². The van der Waals surface area contributed by atoms with Crippen LogP contribution in [0.15, 0.2) is 5.38 Å². The molecule has 106 valence electrons. The number of thiazole rings is 1. The number of hydrogen-bond acceptors (Lipinski definition) is 5. The van der Waals surface area contributed by atoms with Crippen molar-refractivity contribution < 1.29 is 9.90 Å². The van der Waals surface area contributed by atoms with Gasteiger partial charge in [-0.2, -0.15) is 11.8 Å². The van der Waals surface area contributed by atoms with Crippen molar-refractivity contribution in [3.8, 4) is 0 Å². The fourth-order valence-corrected chi connectivity index (χ4v) is 3.50. The van der Waals surface area contributed by atoms with Gasteiger partial charge in [0.25, 0.3) is 0 Å². The van der Waals surface area contributed by atoms with Crippen LogP contribution < -0.4 is 0 Å². The summed E-state index contributed by atoms with van der Waals surface area (Å²) in [4.78, 5) is 18.3. The first-order valence-electron chi connectivity index (χ1n) is 6.60. The van der Waals surface area contributed by atoms with Crippen LogP contribution in [0.1, 0.15) is 30.0 Å². The van der Waals surface area contributed by atoms with Crippen molar-refractivity contribution in [1.29, 1.82) is 0 Å². The molecule has 1 aromatic rings. The standard InChI is InChI=1S/C13H20N2O2S2/c1-10-14-11(9-19-10)8-18-7-4-13(17)15(5-6-16)12-2-3-12/h9,12,16H,2-8H2,1H3. The molecule has 1 aromatic heterocycles. The van der Waals surface area contributed by atoms with E-state index in [1.807, 2.05) is 11.8 Å². The normalized spacial score (nSPS) is 14.6. The molecule has 0 atom stereocenters. The van der Waals surface area contributed by atoms with E-state index in [9.17, 15) is 4.79 Å². The van der Waals surface area contributed by atoms with Gasteiger partial charge in [0, 0.05) is 35.9 Å². The van der Waals surface area contributed by atoms with Gasteiger partial charge in [0.05, 0.1) is 17.3 Å². The fraction of sp³-hybridized carbons (Fsp3) is 0.692. The van der Waals surface area contributed by atoms with E-state index in [0.717, 1.165) is 35.0 Å². The Morgan fingerprint density at radius 3 is 3.00 bits per heavy atom. The first kappa shape index (κ1) is 14.8. The van der Waals surface area contributed by atoms with Crippen LogP contribution in [-0.2, 0) is 10.5 Å². The summed E-state index contributed by atoms with van der Waals surface area (Å²) in [5.74, 6) is 1.88. The summed E-state index contributed by atoms with van der Waals surface area (Å²) in [5, 5.41) is 12.1. The van der Waals surface area contributed by atoms with Crippen molar-refractivity contribution in [3.63, 3.8) is 0 Å². The quantitative estimate of drug-likeness (QED) is 0.747. The minimum absolute atomic E-state index is 0.0630. The van der Waals surface area contributed by atoms with Gasteiger partial charge in [0.15, 0.2) is 0 Å². The van der Waals surface area contributed by atoms with Gasteiger partial charge in [0.1, 0.15) is 0 Å². The molecule has 0 aliphatic heterocycles. The minimum Gasteiger partial charge on any atom is -0.395 e. The second kappa shape index (κ2) is 7.26. The number of carbonyl (C=O) groups is 1. The summed E-state index contributed by atoms with van der Waals surface area (Å²) >= 11 is 3.41. The third-order valence-electron chi connectivity index (χ3n) is 3.03. The molecule has 1 fully saturated rings. The first-order valence-corrected chi connectivity index (χ1v) is 8.63. The fourth-order valence-electron chi connectivity index (χ4n) is 1.96. The highest BCUT2D eigenvalue weighted by Crippen LogP contribution is 2.27. The molecule has 6 heteroatoms. The molecule has 1 heterocycles. The predicted octanol–water partition coefficient (Wildman–Crippen LogP) is 2.06. The zero-order valence-electron chi connectivity index (χ0n) is 11.2. The zero-order valence-corrected chi connectivity index (χ0v) is 12.8. The highest BCUT2D eigenvalue weighted by Gasteiger charge is 2.31. The molecule has 1 amide bonds. The minimum atomic E-state index is 0.0630. The topological polar surface area (TPSA) is 53.4 Å². The Hall–Kier alpha value is -0.590. The summed E-state index contributed by atoms with van der Waals surface area (Å²) < 4.78 is 0. The molecule has 2 rings (SSSR count). The van der Waals surface area contributed by atoms with E-state index in [0.29, 0.717) is 19.0 Å². The van der Waals surface area contributed by atoms with E-state index >= 15 is 0 Å². The van der Waals surface area contributed by atoms with Gasteiger partial charge in [-0.3, -0.25) is 4.79 Å². The van der Waals surface area contributed by atoms with Gasteiger partial charge in [-0.25, -0.2) is 4.98 Å². The molecule has 1 N–H and O–H groups in total. The van der Waals surface area contributed by atoms with Crippen molar-refractivity contribution in [1.82, 2.24) is 9.88 Å². The van der Waals surface area contributed by atoms with Crippen LogP contribution >= 0.6 is 23.1 Å².